The Morgan fingerprint density at radius 2 is 1.41 bits per heavy atom. The zero-order valence-electron chi connectivity index (χ0n) is 14.3. The number of pyridine rings is 1. The number of nitrogens with zero attached hydrogens (tertiary/aromatic N) is 5. The fourth-order valence-corrected chi connectivity index (χ4v) is 2.26. The lowest BCUT2D eigenvalue weighted by atomic mass is 10.1. The normalized spacial score (nSPS) is 11.1. The minimum absolute atomic E-state index is 0.0304. The quantitative estimate of drug-likeness (QED) is 0.630. The lowest BCUT2D eigenvalue weighted by Crippen LogP contribution is -2.08. The van der Waals surface area contributed by atoms with Gasteiger partial charge in [0.05, 0.1) is 17.1 Å². The number of hydrogen-bond donors (Lipinski definition) is 2. The van der Waals surface area contributed by atoms with E-state index in [1.165, 1.54) is 6.92 Å². The molecule has 1 heterocycles. The monoisotopic (exact) mass is 358 g/mol. The number of hydrogen-bond acceptors (Lipinski definition) is 7. The van der Waals surface area contributed by atoms with Crippen molar-refractivity contribution >= 4 is 22.7 Å². The largest absolute Gasteiger partial charge is 0.494 e. The maximum Gasteiger partial charge on any atom is 0.278 e. The number of H-pyrrole nitrogens is 1. The summed E-state index contributed by atoms with van der Waals surface area (Å²) in [5.74, 6) is -0.480. The van der Waals surface area contributed by atoms with Crippen LogP contribution in [-0.2, 0) is 0 Å². The van der Waals surface area contributed by atoms with Gasteiger partial charge >= 0.3 is 0 Å². The molecule has 1 aromatic heterocycles. The van der Waals surface area contributed by atoms with Crippen molar-refractivity contribution in [3.05, 3.63) is 76.1 Å². The van der Waals surface area contributed by atoms with Crippen molar-refractivity contribution in [2.75, 3.05) is 0 Å². The summed E-state index contributed by atoms with van der Waals surface area (Å²) in [6, 6.07) is 18.0. The van der Waals surface area contributed by atoms with Crippen molar-refractivity contribution in [2.24, 2.45) is 20.5 Å². The highest BCUT2D eigenvalue weighted by molar-refractivity contribution is 5.56. The van der Waals surface area contributed by atoms with Crippen molar-refractivity contribution in [1.29, 1.82) is 5.26 Å². The lowest BCUT2D eigenvalue weighted by Gasteiger charge is -2.02. The highest BCUT2D eigenvalue weighted by Crippen LogP contribution is 2.26. The van der Waals surface area contributed by atoms with Crippen LogP contribution in [0.15, 0.2) is 79.8 Å². The molecule has 2 aromatic carbocycles. The molecule has 0 fully saturated rings. The third-order valence-corrected chi connectivity index (χ3v) is 3.68. The predicted octanol–water partition coefficient (Wildman–Crippen LogP) is 5.09. The average Bonchev–Trinajstić information content (AvgIpc) is 2.68. The van der Waals surface area contributed by atoms with Crippen molar-refractivity contribution in [2.45, 2.75) is 6.92 Å². The summed E-state index contributed by atoms with van der Waals surface area (Å²) < 4.78 is 0. The van der Waals surface area contributed by atoms with E-state index < -0.39 is 11.4 Å². The molecule has 132 valence electrons. The topological polar surface area (TPSA) is 126 Å². The van der Waals surface area contributed by atoms with Gasteiger partial charge in [0.1, 0.15) is 11.6 Å². The van der Waals surface area contributed by atoms with Crippen LogP contribution in [-0.4, -0.2) is 10.1 Å². The summed E-state index contributed by atoms with van der Waals surface area (Å²) in [5.41, 5.74) is 1.45. The maximum absolute atomic E-state index is 11.9. The molecule has 8 nitrogen and oxygen atoms in total. The Balaban J connectivity index is 1.80. The summed E-state index contributed by atoms with van der Waals surface area (Å²) in [7, 11) is 0. The number of nitriles is 1. The Morgan fingerprint density at radius 3 is 1.96 bits per heavy atom. The van der Waals surface area contributed by atoms with Crippen LogP contribution in [0.4, 0.5) is 22.7 Å². The summed E-state index contributed by atoms with van der Waals surface area (Å²) in [4.78, 5) is 14.1. The van der Waals surface area contributed by atoms with Gasteiger partial charge in [0.2, 0.25) is 5.88 Å². The van der Waals surface area contributed by atoms with Crippen LogP contribution in [0.5, 0.6) is 5.88 Å². The number of nitrogens with one attached hydrogen (secondary N) is 1. The van der Waals surface area contributed by atoms with E-state index in [2.05, 4.69) is 25.4 Å². The van der Waals surface area contributed by atoms with E-state index in [1.807, 2.05) is 36.4 Å². The molecule has 0 amide bonds. The molecule has 0 aliphatic carbocycles. The van der Waals surface area contributed by atoms with Crippen molar-refractivity contribution < 1.29 is 5.11 Å². The van der Waals surface area contributed by atoms with Gasteiger partial charge in [-0.1, -0.05) is 18.2 Å². The molecular weight excluding hydrogens is 344 g/mol. The molecule has 0 saturated heterocycles. The highest BCUT2D eigenvalue weighted by Gasteiger charge is 2.13. The van der Waals surface area contributed by atoms with Crippen molar-refractivity contribution in [1.82, 2.24) is 4.98 Å². The Kier molecular flexibility index (Phi) is 5.14. The van der Waals surface area contributed by atoms with E-state index in [1.54, 1.807) is 24.3 Å². The van der Waals surface area contributed by atoms with Gasteiger partial charge in [-0.05, 0) is 43.3 Å². The average molecular weight is 358 g/mol. The molecule has 0 unspecified atom stereocenters. The number of aromatic amines is 1. The molecular formula is C19H14N6O2. The second-order valence-electron chi connectivity index (χ2n) is 5.52. The first kappa shape index (κ1) is 17.7. The number of azo groups is 2. The number of aromatic hydroxyl groups is 1. The van der Waals surface area contributed by atoms with E-state index in [4.69, 9.17) is 5.26 Å². The van der Waals surface area contributed by atoms with Crippen molar-refractivity contribution in [3.63, 3.8) is 0 Å². The van der Waals surface area contributed by atoms with E-state index in [0.717, 1.165) is 5.69 Å². The van der Waals surface area contributed by atoms with Gasteiger partial charge in [0, 0.05) is 5.56 Å². The van der Waals surface area contributed by atoms with Gasteiger partial charge in [-0.15, -0.1) is 5.11 Å². The Morgan fingerprint density at radius 1 is 0.889 bits per heavy atom. The SMILES string of the molecule is Cc1c(C#N)c(O)[nH]c(=O)c1N=Nc1ccc(N=Nc2ccccc2)cc1. The van der Waals surface area contributed by atoms with E-state index in [9.17, 15) is 9.90 Å². The van der Waals surface area contributed by atoms with Crippen LogP contribution in [0, 0.1) is 18.3 Å². The van der Waals surface area contributed by atoms with Crippen LogP contribution in [0.25, 0.3) is 0 Å². The van der Waals surface area contributed by atoms with Gasteiger partial charge < -0.3 is 5.11 Å². The van der Waals surface area contributed by atoms with Crippen LogP contribution >= 0.6 is 0 Å². The minimum atomic E-state index is -0.624. The van der Waals surface area contributed by atoms with Gasteiger partial charge in [0.25, 0.3) is 5.56 Å². The van der Waals surface area contributed by atoms with Gasteiger partial charge in [-0.3, -0.25) is 9.78 Å². The van der Waals surface area contributed by atoms with E-state index in [0.29, 0.717) is 11.4 Å². The molecule has 27 heavy (non-hydrogen) atoms. The lowest BCUT2D eigenvalue weighted by molar-refractivity contribution is 0.449. The van der Waals surface area contributed by atoms with Crippen LogP contribution in [0.3, 0.4) is 0 Å². The predicted molar refractivity (Wildman–Crippen MR) is 99.4 cm³/mol. The Bertz CT molecular complexity index is 1110. The zero-order chi connectivity index (χ0) is 19.2. The second-order valence-corrected chi connectivity index (χ2v) is 5.52. The number of aromatic nitrogens is 1. The zero-order valence-corrected chi connectivity index (χ0v) is 14.3. The van der Waals surface area contributed by atoms with Gasteiger partial charge in [-0.25, -0.2) is 0 Å². The van der Waals surface area contributed by atoms with Crippen LogP contribution in [0.2, 0.25) is 0 Å². The Hall–Kier alpha value is -4.12. The smallest absolute Gasteiger partial charge is 0.278 e. The van der Waals surface area contributed by atoms with E-state index in [-0.39, 0.29) is 16.8 Å². The molecule has 0 aliphatic rings. The maximum atomic E-state index is 11.9. The Labute approximate surface area is 154 Å². The first-order valence-corrected chi connectivity index (χ1v) is 7.93. The molecule has 0 radical (unpaired) electrons. The van der Waals surface area contributed by atoms with Gasteiger partial charge in [0.15, 0.2) is 5.69 Å². The van der Waals surface area contributed by atoms with Crippen molar-refractivity contribution in [3.8, 4) is 11.9 Å². The summed E-state index contributed by atoms with van der Waals surface area (Å²) in [5, 5.41) is 34.8. The summed E-state index contributed by atoms with van der Waals surface area (Å²) in [6.07, 6.45) is 0. The molecule has 0 saturated carbocycles. The molecule has 3 rings (SSSR count). The third-order valence-electron chi connectivity index (χ3n) is 3.68. The van der Waals surface area contributed by atoms with Crippen LogP contribution in [0.1, 0.15) is 11.1 Å². The minimum Gasteiger partial charge on any atom is -0.494 e. The summed E-state index contributed by atoms with van der Waals surface area (Å²) in [6.45, 7) is 1.52. The molecule has 0 spiro atoms. The molecule has 0 bridgehead atoms. The fraction of sp³-hybridized carbons (Fsp3) is 0.0526. The van der Waals surface area contributed by atoms with E-state index >= 15 is 0 Å². The third kappa shape index (κ3) is 4.11. The first-order chi connectivity index (χ1) is 13.1. The van der Waals surface area contributed by atoms with Crippen LogP contribution < -0.4 is 5.56 Å². The van der Waals surface area contributed by atoms with Gasteiger partial charge in [-0.2, -0.15) is 20.6 Å². The first-order valence-electron chi connectivity index (χ1n) is 7.93. The molecule has 3 aromatic rings. The molecule has 0 atom stereocenters. The molecule has 0 aliphatic heterocycles. The molecule has 2 N–H and O–H groups in total. The highest BCUT2D eigenvalue weighted by atomic mass is 16.3. The second kappa shape index (κ2) is 7.84. The number of benzene rings is 2. The standard InChI is InChI=1S/C19H14N6O2/c1-12-16(11-20)18(26)21-19(27)17(12)25-24-15-9-7-14(8-10-15)23-22-13-5-3-2-4-6-13/h2-10H,1H3,(H2,21,26,27). The fourth-order valence-electron chi connectivity index (χ4n) is 2.26. The summed E-state index contributed by atoms with van der Waals surface area (Å²) >= 11 is 0. The number of rotatable bonds is 4. The molecule has 8 heteroatoms.